The maximum Gasteiger partial charge on any atom is 0.435 e. The molecule has 1 amide bonds. The molecule has 8 rings (SSSR count). The van der Waals surface area contributed by atoms with Gasteiger partial charge < -0.3 is 4.74 Å². The number of azo groups is 1. The van der Waals surface area contributed by atoms with Crippen molar-refractivity contribution in [3.63, 3.8) is 0 Å². The van der Waals surface area contributed by atoms with Crippen LogP contribution in [-0.4, -0.2) is 30.1 Å². The van der Waals surface area contributed by atoms with E-state index < -0.39 is 33.8 Å². The van der Waals surface area contributed by atoms with Crippen LogP contribution in [0.25, 0.3) is 11.3 Å². The van der Waals surface area contributed by atoms with Gasteiger partial charge in [0.1, 0.15) is 5.76 Å². The lowest BCUT2D eigenvalue weighted by molar-refractivity contribution is -0.141. The fourth-order valence-electron chi connectivity index (χ4n) is 4.44. The molecule has 0 aliphatic carbocycles. The van der Waals surface area contributed by atoms with Crippen LogP contribution in [0.15, 0.2) is 125 Å². The molecule has 1 N–H and O–H groups in total. The number of hydrogen-bond acceptors (Lipinski definition) is 8. The van der Waals surface area contributed by atoms with Crippen molar-refractivity contribution in [3.8, 4) is 5.69 Å². The first-order chi connectivity index (χ1) is 22.3. The van der Waals surface area contributed by atoms with Crippen molar-refractivity contribution in [2.75, 3.05) is 0 Å². The molecule has 0 radical (unpaired) electrons. The molecule has 0 fully saturated rings. The fourth-order valence-corrected chi connectivity index (χ4v) is 5.45. The third-order valence-corrected chi connectivity index (χ3v) is 8.29. The zero-order chi connectivity index (χ0) is 33.8. The minimum Gasteiger partial charge on any atom is -0.423 e. The van der Waals surface area contributed by atoms with Crippen molar-refractivity contribution >= 4 is 38.8 Å². The Balaban J connectivity index is 1.54. The van der Waals surface area contributed by atoms with Crippen LogP contribution in [0.3, 0.4) is 0 Å². The number of carbonyl (C=O) groups excluding carboxylic acids is 2. The van der Waals surface area contributed by atoms with Crippen LogP contribution in [-0.2, 0) is 32.2 Å². The average Bonchev–Trinajstić information content (AvgIpc) is 3.51. The third kappa shape index (κ3) is 7.79. The van der Waals surface area contributed by atoms with Gasteiger partial charge in [0, 0.05) is 6.42 Å². The first-order valence-corrected chi connectivity index (χ1v) is 15.5. The number of allylic oxidation sites excluding steroid dienone is 4. The molecule has 0 unspecified atom stereocenters. The number of sulfonamides is 1. The Morgan fingerprint density at radius 2 is 1.64 bits per heavy atom. The van der Waals surface area contributed by atoms with Gasteiger partial charge in [0.05, 0.1) is 33.2 Å². The number of amides is 1. The van der Waals surface area contributed by atoms with Gasteiger partial charge in [-0.25, -0.2) is 22.6 Å². The number of alkyl halides is 3. The van der Waals surface area contributed by atoms with E-state index in [1.54, 1.807) is 43.3 Å². The van der Waals surface area contributed by atoms with Crippen molar-refractivity contribution in [1.82, 2.24) is 14.5 Å². The van der Waals surface area contributed by atoms with Gasteiger partial charge in [-0.1, -0.05) is 24.8 Å². The molecule has 0 spiro atoms. The number of nitrogens with zero attached hydrogens (tertiary/aromatic N) is 4. The Kier molecular flexibility index (Phi) is 9.33. The standard InChI is InChI=1S/C33H26F3N5O5S/c1-3-26-16-8-21(2)29-20-30(33(34,35)36)39-41(29)25-14-17-27(18-15-25)47(44,45)40-31(42)19-11-22-6-4-5-7-28(22)38-37-24-12-9-23(10-13-24)32(43)46-26/h3-10,12-18,20H,2,11,19H2,1H3,(H,40,42). The summed E-state index contributed by atoms with van der Waals surface area (Å²) < 4.78 is 75.4. The molecular weight excluding hydrogens is 635 g/mol. The topological polar surface area (TPSA) is 132 Å². The lowest BCUT2D eigenvalue weighted by Gasteiger charge is -2.11. The van der Waals surface area contributed by atoms with E-state index in [1.165, 1.54) is 42.5 Å². The van der Waals surface area contributed by atoms with Crippen molar-refractivity contribution in [1.29, 1.82) is 0 Å². The number of halogens is 3. The first-order valence-electron chi connectivity index (χ1n) is 14.0. The number of ether oxygens (including phenoxy) is 1. The predicted octanol–water partition coefficient (Wildman–Crippen LogP) is 7.39. The van der Waals surface area contributed by atoms with E-state index in [2.05, 4.69) is 21.9 Å². The zero-order valence-corrected chi connectivity index (χ0v) is 25.5. The maximum atomic E-state index is 13.7. The van der Waals surface area contributed by atoms with Crippen molar-refractivity contribution in [2.45, 2.75) is 30.8 Å². The van der Waals surface area contributed by atoms with E-state index in [1.807, 2.05) is 4.72 Å². The molecule has 10 nitrogen and oxygen atoms in total. The first kappa shape index (κ1) is 32.8. The maximum absolute atomic E-state index is 13.7. The van der Waals surface area contributed by atoms with E-state index in [-0.39, 0.29) is 46.0 Å². The molecule has 3 aromatic carbocycles. The van der Waals surface area contributed by atoms with Gasteiger partial charge in [-0.2, -0.15) is 28.5 Å². The molecule has 4 aliphatic rings. The Bertz CT molecular complexity index is 2050. The van der Waals surface area contributed by atoms with Crippen LogP contribution in [0, 0.1) is 0 Å². The third-order valence-electron chi connectivity index (χ3n) is 6.90. The van der Waals surface area contributed by atoms with Gasteiger partial charge in [0.15, 0.2) is 5.69 Å². The molecule has 0 atom stereocenters. The predicted molar refractivity (Wildman–Crippen MR) is 167 cm³/mol. The highest BCUT2D eigenvalue weighted by molar-refractivity contribution is 7.90. The highest BCUT2D eigenvalue weighted by atomic mass is 32.2. The van der Waals surface area contributed by atoms with Crippen LogP contribution < -0.4 is 4.72 Å². The van der Waals surface area contributed by atoms with Gasteiger partial charge >= 0.3 is 12.1 Å². The average molecular weight is 662 g/mol. The summed E-state index contributed by atoms with van der Waals surface area (Å²) in [6, 6.07) is 18.6. The Morgan fingerprint density at radius 3 is 2.32 bits per heavy atom. The summed E-state index contributed by atoms with van der Waals surface area (Å²) in [7, 11) is -4.31. The zero-order valence-electron chi connectivity index (χ0n) is 24.7. The van der Waals surface area contributed by atoms with Crippen molar-refractivity contribution < 1.29 is 35.9 Å². The Morgan fingerprint density at radius 1 is 0.936 bits per heavy atom. The van der Waals surface area contributed by atoms with E-state index in [0.717, 1.165) is 22.9 Å². The van der Waals surface area contributed by atoms with Gasteiger partial charge in [-0.15, -0.1) is 0 Å². The molecule has 1 aromatic heterocycles. The quantitative estimate of drug-likeness (QED) is 0.196. The molecule has 47 heavy (non-hydrogen) atoms. The number of nitrogens with one attached hydrogen (secondary N) is 1. The largest absolute Gasteiger partial charge is 0.435 e. The van der Waals surface area contributed by atoms with Crippen molar-refractivity contribution in [2.24, 2.45) is 10.2 Å². The number of aromatic nitrogens is 2. The van der Waals surface area contributed by atoms with Crippen molar-refractivity contribution in [3.05, 3.63) is 132 Å². The number of rotatable bonds is 0. The van der Waals surface area contributed by atoms with E-state index >= 15 is 0 Å². The van der Waals surface area contributed by atoms with Crippen LogP contribution >= 0.6 is 0 Å². The van der Waals surface area contributed by atoms with Crippen LogP contribution in [0.1, 0.15) is 40.7 Å². The highest BCUT2D eigenvalue weighted by Crippen LogP contribution is 2.32. The minimum absolute atomic E-state index is 0.0604. The molecule has 0 saturated heterocycles. The highest BCUT2D eigenvalue weighted by Gasteiger charge is 2.35. The second-order valence-electron chi connectivity index (χ2n) is 10.2. The second-order valence-corrected chi connectivity index (χ2v) is 11.8. The molecule has 0 saturated carbocycles. The summed E-state index contributed by atoms with van der Waals surface area (Å²) in [6.45, 7) is 5.47. The van der Waals surface area contributed by atoms with Gasteiger partial charge in [-0.3, -0.25) is 4.79 Å². The lowest BCUT2D eigenvalue weighted by atomic mass is 10.1. The van der Waals surface area contributed by atoms with Gasteiger partial charge in [0.2, 0.25) is 5.91 Å². The van der Waals surface area contributed by atoms with Gasteiger partial charge in [0.25, 0.3) is 10.0 Å². The monoisotopic (exact) mass is 661 g/mol. The summed E-state index contributed by atoms with van der Waals surface area (Å²) in [5.74, 6) is -1.37. The number of hydrogen-bond donors (Lipinski definition) is 1. The smallest absolute Gasteiger partial charge is 0.423 e. The number of carbonyl (C=O) groups is 2. The summed E-state index contributed by atoms with van der Waals surface area (Å²) in [5.41, 5.74) is 0.636. The molecule has 14 heteroatoms. The van der Waals surface area contributed by atoms with E-state index in [0.29, 0.717) is 16.9 Å². The molecule has 4 bridgehead atoms. The summed E-state index contributed by atoms with van der Waals surface area (Å²) in [4.78, 5) is 25.2. The summed E-state index contributed by atoms with van der Waals surface area (Å²) in [5, 5.41) is 12.2. The fraction of sp³-hybridized carbons (Fsp3) is 0.121. The van der Waals surface area contributed by atoms with Crippen LogP contribution in [0.2, 0.25) is 0 Å². The normalized spacial score (nSPS) is 16.6. The molecule has 4 aliphatic heterocycles. The number of esters is 1. The SMILES string of the molecule is C=C1C=CC(=CC)OC(=O)c2ccc(cc2)N=Nc2ccccc2CCC(=O)NS(=O)(=O)c2ccc(cc2)-n2nc(C(F)(F)F)cc21. The molecule has 240 valence electrons. The van der Waals surface area contributed by atoms with E-state index in [9.17, 15) is 31.2 Å². The molecule has 5 heterocycles. The molecule has 4 aromatic rings. The Hall–Kier alpha value is -5.63. The van der Waals surface area contributed by atoms with Gasteiger partial charge in [-0.05, 0) is 103 Å². The van der Waals surface area contributed by atoms with Crippen LogP contribution in [0.5, 0.6) is 0 Å². The molecular formula is C33H26F3N5O5S. The lowest BCUT2D eigenvalue weighted by Crippen LogP contribution is -2.30. The second kappa shape index (κ2) is 13.4. The number of benzene rings is 3. The van der Waals surface area contributed by atoms with Crippen LogP contribution in [0.4, 0.5) is 24.5 Å². The minimum atomic E-state index is -4.79. The Labute approximate surface area is 267 Å². The van der Waals surface area contributed by atoms with E-state index in [4.69, 9.17) is 4.74 Å². The summed E-state index contributed by atoms with van der Waals surface area (Å²) >= 11 is 0. The summed E-state index contributed by atoms with van der Waals surface area (Å²) in [6.07, 6.45) is -0.626. The number of aryl methyl sites for hydroxylation is 1.